The third-order valence-electron chi connectivity index (χ3n) is 1.29. The van der Waals surface area contributed by atoms with Crippen molar-refractivity contribution in [3.63, 3.8) is 0 Å². The molecule has 59 valence electrons. The Labute approximate surface area is 92.6 Å². The van der Waals surface area contributed by atoms with E-state index in [0.717, 1.165) is 5.56 Å². The molecule has 0 amide bonds. The third kappa shape index (κ3) is 3.88. The molecule has 4 heteroatoms. The molecule has 1 rings (SSSR count). The van der Waals surface area contributed by atoms with Gasteiger partial charge in [-0.15, -0.1) is 0 Å². The molecule has 0 aliphatic heterocycles. The Balaban J connectivity index is 0.00000121. The second-order valence-electron chi connectivity index (χ2n) is 2.13. The van der Waals surface area contributed by atoms with Crippen LogP contribution in [0.15, 0.2) is 30.3 Å². The normalized spacial score (nSPS) is 8.42. The maximum Gasteiger partial charge on any atom is 0.346 e. The monoisotopic (exact) mass is 175 g/mol. The van der Waals surface area contributed by atoms with Crippen molar-refractivity contribution in [2.75, 3.05) is 0 Å². The molecular formula is C8H8NaO3. The number of carbonyl (C=O) groups excluding carboxylic acids is 1. The van der Waals surface area contributed by atoms with E-state index in [-0.39, 0.29) is 36.0 Å². The number of benzene rings is 1. The molecule has 1 N–H and O–H groups in total. The van der Waals surface area contributed by atoms with Crippen molar-refractivity contribution in [2.24, 2.45) is 0 Å². The summed E-state index contributed by atoms with van der Waals surface area (Å²) in [4.78, 5) is 14.0. The zero-order chi connectivity index (χ0) is 8.10. The first-order valence-corrected chi connectivity index (χ1v) is 3.21. The fourth-order valence-corrected chi connectivity index (χ4v) is 0.795. The van der Waals surface area contributed by atoms with E-state index in [2.05, 4.69) is 4.89 Å². The van der Waals surface area contributed by atoms with Crippen molar-refractivity contribution in [3.8, 4) is 0 Å². The Morgan fingerprint density at radius 3 is 2.42 bits per heavy atom. The molecule has 1 radical (unpaired) electrons. The van der Waals surface area contributed by atoms with Crippen LogP contribution in [0.2, 0.25) is 0 Å². The summed E-state index contributed by atoms with van der Waals surface area (Å²) < 4.78 is 0. The summed E-state index contributed by atoms with van der Waals surface area (Å²) in [6.45, 7) is 0. The first-order valence-electron chi connectivity index (χ1n) is 3.21. The largest absolute Gasteiger partial charge is 0.346 e. The number of rotatable bonds is 2. The van der Waals surface area contributed by atoms with Gasteiger partial charge in [0.15, 0.2) is 0 Å². The summed E-state index contributed by atoms with van der Waals surface area (Å²) in [6, 6.07) is 9.07. The Bertz CT molecular complexity index is 235. The third-order valence-corrected chi connectivity index (χ3v) is 1.29. The van der Waals surface area contributed by atoms with Gasteiger partial charge < -0.3 is 4.89 Å². The summed E-state index contributed by atoms with van der Waals surface area (Å²) in [7, 11) is 0. The Hall–Kier alpha value is -0.350. The van der Waals surface area contributed by atoms with Crippen molar-refractivity contribution in [1.82, 2.24) is 0 Å². The van der Waals surface area contributed by atoms with Gasteiger partial charge in [-0.25, -0.2) is 4.79 Å². The van der Waals surface area contributed by atoms with Gasteiger partial charge in [-0.2, -0.15) is 5.26 Å². The molecule has 12 heavy (non-hydrogen) atoms. The molecular weight excluding hydrogens is 167 g/mol. The molecule has 0 spiro atoms. The first kappa shape index (κ1) is 11.6. The van der Waals surface area contributed by atoms with Crippen LogP contribution >= 0.6 is 0 Å². The van der Waals surface area contributed by atoms with E-state index < -0.39 is 5.97 Å². The van der Waals surface area contributed by atoms with Crippen molar-refractivity contribution in [1.29, 1.82) is 0 Å². The standard InChI is InChI=1S/C8H8O3.Na/c9-8(11-10)6-7-4-2-1-3-5-7;/h1-5,10H,6H2;. The molecule has 0 aliphatic carbocycles. The minimum Gasteiger partial charge on any atom is -0.301 e. The van der Waals surface area contributed by atoms with E-state index >= 15 is 0 Å². The zero-order valence-electron chi connectivity index (χ0n) is 6.86. The summed E-state index contributed by atoms with van der Waals surface area (Å²) in [5.74, 6) is -0.642. The van der Waals surface area contributed by atoms with E-state index in [1.807, 2.05) is 18.2 Å². The van der Waals surface area contributed by atoms with Crippen molar-refractivity contribution in [3.05, 3.63) is 35.9 Å². The molecule has 0 aliphatic rings. The predicted octanol–water partition coefficient (Wildman–Crippen LogP) is 0.864. The molecule has 1 aromatic carbocycles. The number of hydrogen-bond donors (Lipinski definition) is 1. The molecule has 1 aromatic rings. The van der Waals surface area contributed by atoms with Crippen LogP contribution < -0.4 is 0 Å². The van der Waals surface area contributed by atoms with E-state index in [9.17, 15) is 4.79 Å². The average molecular weight is 175 g/mol. The van der Waals surface area contributed by atoms with E-state index in [1.54, 1.807) is 12.1 Å². The summed E-state index contributed by atoms with van der Waals surface area (Å²) in [5, 5.41) is 7.95. The predicted molar refractivity (Wildman–Crippen MR) is 44.6 cm³/mol. The smallest absolute Gasteiger partial charge is 0.301 e. The van der Waals surface area contributed by atoms with Gasteiger partial charge in [0.1, 0.15) is 0 Å². The topological polar surface area (TPSA) is 46.5 Å². The molecule has 0 saturated carbocycles. The van der Waals surface area contributed by atoms with Crippen LogP contribution in [0.25, 0.3) is 0 Å². The van der Waals surface area contributed by atoms with Gasteiger partial charge in [0.05, 0.1) is 6.42 Å². The molecule has 0 heterocycles. The van der Waals surface area contributed by atoms with Gasteiger partial charge in [-0.3, -0.25) is 0 Å². The number of carbonyl (C=O) groups is 1. The SMILES string of the molecule is O=C(Cc1ccccc1)OO.[Na]. The van der Waals surface area contributed by atoms with Crippen molar-refractivity contribution < 1.29 is 14.9 Å². The van der Waals surface area contributed by atoms with Crippen LogP contribution in [0.4, 0.5) is 0 Å². The first-order chi connectivity index (χ1) is 5.33. The van der Waals surface area contributed by atoms with Crippen molar-refractivity contribution >= 4 is 35.5 Å². The van der Waals surface area contributed by atoms with Crippen LogP contribution in [0, 0.1) is 0 Å². The minimum absolute atomic E-state index is 0. The maximum absolute atomic E-state index is 10.5. The fourth-order valence-electron chi connectivity index (χ4n) is 0.795. The second-order valence-corrected chi connectivity index (χ2v) is 2.13. The molecule has 0 atom stereocenters. The molecule has 0 bridgehead atoms. The summed E-state index contributed by atoms with van der Waals surface area (Å²) >= 11 is 0. The molecule has 0 unspecified atom stereocenters. The molecule has 0 fully saturated rings. The van der Waals surface area contributed by atoms with E-state index in [4.69, 9.17) is 5.26 Å². The average Bonchev–Trinajstić information content (AvgIpc) is 2.06. The van der Waals surface area contributed by atoms with Gasteiger partial charge in [-0.1, -0.05) is 30.3 Å². The minimum atomic E-state index is -0.642. The van der Waals surface area contributed by atoms with Crippen LogP contribution in [0.5, 0.6) is 0 Å². The molecule has 0 aromatic heterocycles. The van der Waals surface area contributed by atoms with E-state index in [0.29, 0.717) is 0 Å². The summed E-state index contributed by atoms with van der Waals surface area (Å²) in [5.41, 5.74) is 0.826. The Morgan fingerprint density at radius 2 is 1.92 bits per heavy atom. The van der Waals surface area contributed by atoms with Crippen molar-refractivity contribution in [2.45, 2.75) is 6.42 Å². The Kier molecular flexibility index (Phi) is 6.02. The Morgan fingerprint density at radius 1 is 1.33 bits per heavy atom. The van der Waals surface area contributed by atoms with Gasteiger partial charge in [0.2, 0.25) is 0 Å². The van der Waals surface area contributed by atoms with Gasteiger partial charge in [-0.05, 0) is 5.56 Å². The van der Waals surface area contributed by atoms with Gasteiger partial charge >= 0.3 is 5.97 Å². The fraction of sp³-hybridized carbons (Fsp3) is 0.125. The van der Waals surface area contributed by atoms with Gasteiger partial charge in [0, 0.05) is 29.6 Å². The number of hydrogen-bond acceptors (Lipinski definition) is 3. The second kappa shape index (κ2) is 6.20. The maximum atomic E-state index is 10.5. The van der Waals surface area contributed by atoms with Crippen LogP contribution in [-0.4, -0.2) is 40.8 Å². The molecule has 0 saturated heterocycles. The van der Waals surface area contributed by atoms with Crippen LogP contribution in [0.1, 0.15) is 5.56 Å². The molecule has 3 nitrogen and oxygen atoms in total. The van der Waals surface area contributed by atoms with E-state index in [1.165, 1.54) is 0 Å². The zero-order valence-corrected chi connectivity index (χ0v) is 8.86. The quantitative estimate of drug-likeness (QED) is 0.412. The van der Waals surface area contributed by atoms with Crippen LogP contribution in [0.3, 0.4) is 0 Å². The van der Waals surface area contributed by atoms with Gasteiger partial charge in [0.25, 0.3) is 0 Å². The summed E-state index contributed by atoms with van der Waals surface area (Å²) in [6.07, 6.45) is 0.108. The van der Waals surface area contributed by atoms with Crippen LogP contribution in [-0.2, 0) is 16.1 Å².